The molecule has 60 valence electrons. The number of hydrogen-bond donors (Lipinski definition) is 3. The maximum atomic E-state index is 9.54. The van der Waals surface area contributed by atoms with Gasteiger partial charge in [-0.2, -0.15) is 37.0 Å². The minimum Gasteiger partial charge on any atom is -0.390 e. The highest BCUT2D eigenvalue weighted by atomic mass is 32.2. The normalized spacial score (nSPS) is 28.8. The van der Waals surface area contributed by atoms with Crippen LogP contribution in [-0.2, 0) is 0 Å². The molecular formula is C6H12OS3. The second kappa shape index (κ2) is 3.17. The van der Waals surface area contributed by atoms with Crippen molar-refractivity contribution in [1.29, 1.82) is 0 Å². The lowest BCUT2D eigenvalue weighted by atomic mass is 10.0. The number of rotatable bonds is 2. The third-order valence-electron chi connectivity index (χ3n) is 1.71. The molecule has 1 aliphatic heterocycles. The Kier molecular flexibility index (Phi) is 2.89. The van der Waals surface area contributed by atoms with Crippen LogP contribution in [0.4, 0.5) is 0 Å². The first-order valence-electron chi connectivity index (χ1n) is 3.22. The smallest absolute Gasteiger partial charge is 0.0813 e. The fourth-order valence-electron chi connectivity index (χ4n) is 0.931. The van der Waals surface area contributed by atoms with Gasteiger partial charge < -0.3 is 5.11 Å². The van der Waals surface area contributed by atoms with Crippen LogP contribution in [0.25, 0.3) is 0 Å². The Balaban J connectivity index is 2.46. The molecule has 0 saturated carbocycles. The summed E-state index contributed by atoms with van der Waals surface area (Å²) >= 11 is 10.4. The van der Waals surface area contributed by atoms with Crippen LogP contribution < -0.4 is 0 Å². The third kappa shape index (κ3) is 1.60. The van der Waals surface area contributed by atoms with Crippen molar-refractivity contribution >= 4 is 37.0 Å². The lowest BCUT2D eigenvalue weighted by Crippen LogP contribution is -2.51. The summed E-state index contributed by atoms with van der Waals surface area (Å²) in [5, 5.41) is 9.57. The Morgan fingerprint density at radius 2 is 2.10 bits per heavy atom. The van der Waals surface area contributed by atoms with E-state index in [9.17, 15) is 5.11 Å². The molecule has 0 aliphatic carbocycles. The second-order valence-electron chi connectivity index (χ2n) is 2.78. The van der Waals surface area contributed by atoms with Crippen molar-refractivity contribution in [3.63, 3.8) is 0 Å². The molecule has 0 bridgehead atoms. The van der Waals surface area contributed by atoms with Gasteiger partial charge >= 0.3 is 0 Å². The van der Waals surface area contributed by atoms with E-state index in [0.29, 0.717) is 0 Å². The van der Waals surface area contributed by atoms with Crippen molar-refractivity contribution in [2.24, 2.45) is 0 Å². The van der Waals surface area contributed by atoms with Crippen molar-refractivity contribution in [2.45, 2.75) is 23.0 Å². The minimum absolute atomic E-state index is 0.0263. The Labute approximate surface area is 76.8 Å². The van der Waals surface area contributed by atoms with Crippen molar-refractivity contribution in [2.75, 3.05) is 11.5 Å². The Hall–Kier alpha value is 1.01. The first-order chi connectivity index (χ1) is 4.56. The van der Waals surface area contributed by atoms with Crippen LogP contribution in [0.5, 0.6) is 0 Å². The summed E-state index contributed by atoms with van der Waals surface area (Å²) in [6.07, 6.45) is -0.375. The first kappa shape index (κ1) is 9.10. The van der Waals surface area contributed by atoms with Gasteiger partial charge in [0.05, 0.1) is 10.9 Å². The predicted octanol–water partition coefficient (Wildman–Crippen LogP) is 1.08. The molecule has 2 unspecified atom stereocenters. The van der Waals surface area contributed by atoms with E-state index in [1.807, 2.05) is 18.7 Å². The van der Waals surface area contributed by atoms with E-state index in [2.05, 4.69) is 25.3 Å². The molecule has 1 nitrogen and oxygen atoms in total. The highest BCUT2D eigenvalue weighted by Crippen LogP contribution is 2.39. The van der Waals surface area contributed by atoms with Gasteiger partial charge in [-0.15, -0.1) is 0 Å². The van der Waals surface area contributed by atoms with Gasteiger partial charge in [-0.1, -0.05) is 6.92 Å². The van der Waals surface area contributed by atoms with Gasteiger partial charge in [0.2, 0.25) is 0 Å². The van der Waals surface area contributed by atoms with Gasteiger partial charge in [-0.05, 0) is 0 Å². The molecule has 2 atom stereocenters. The molecule has 0 radical (unpaired) electrons. The number of aliphatic hydroxyl groups excluding tert-OH is 1. The Morgan fingerprint density at radius 1 is 1.60 bits per heavy atom. The standard InChI is InChI=1S/C6H12OS3/c1-4(8)5(7)6(9)2-10-3-6/h4-5,7-9H,2-3H2,1H3. The molecule has 1 fully saturated rings. The monoisotopic (exact) mass is 196 g/mol. The van der Waals surface area contributed by atoms with Crippen LogP contribution in [0, 0.1) is 0 Å². The molecule has 0 aromatic carbocycles. The SMILES string of the molecule is CC(S)C(O)C1(S)CSC1. The van der Waals surface area contributed by atoms with Crippen molar-refractivity contribution < 1.29 is 5.11 Å². The Bertz CT molecular complexity index is 122. The van der Waals surface area contributed by atoms with E-state index in [-0.39, 0.29) is 16.1 Å². The fraction of sp³-hybridized carbons (Fsp3) is 1.00. The molecule has 1 rings (SSSR count). The van der Waals surface area contributed by atoms with E-state index >= 15 is 0 Å². The van der Waals surface area contributed by atoms with Crippen LogP contribution in [0.15, 0.2) is 0 Å². The zero-order chi connectivity index (χ0) is 7.78. The molecular weight excluding hydrogens is 184 g/mol. The number of thiol groups is 2. The van der Waals surface area contributed by atoms with Gasteiger partial charge in [0, 0.05) is 16.8 Å². The first-order valence-corrected chi connectivity index (χ1v) is 5.34. The lowest BCUT2D eigenvalue weighted by Gasteiger charge is -2.41. The minimum atomic E-state index is -0.375. The summed E-state index contributed by atoms with van der Waals surface area (Å²) in [4.78, 5) is 0. The fourth-order valence-corrected chi connectivity index (χ4v) is 3.07. The zero-order valence-corrected chi connectivity index (χ0v) is 8.42. The molecule has 0 aromatic rings. The summed E-state index contributed by atoms with van der Waals surface area (Å²) in [5.74, 6) is 1.89. The lowest BCUT2D eigenvalue weighted by molar-refractivity contribution is 0.144. The highest BCUT2D eigenvalue weighted by Gasteiger charge is 2.42. The van der Waals surface area contributed by atoms with Gasteiger partial charge in [0.25, 0.3) is 0 Å². The molecule has 1 aliphatic rings. The predicted molar refractivity (Wildman–Crippen MR) is 53.5 cm³/mol. The van der Waals surface area contributed by atoms with Crippen LogP contribution >= 0.6 is 37.0 Å². The van der Waals surface area contributed by atoms with E-state index in [4.69, 9.17) is 0 Å². The molecule has 1 heterocycles. The van der Waals surface area contributed by atoms with E-state index in [1.165, 1.54) is 0 Å². The van der Waals surface area contributed by atoms with Gasteiger partial charge in [0.15, 0.2) is 0 Å². The second-order valence-corrected chi connectivity index (χ2v) is 5.47. The van der Waals surface area contributed by atoms with Crippen LogP contribution in [0.1, 0.15) is 6.92 Å². The molecule has 0 spiro atoms. The van der Waals surface area contributed by atoms with Crippen LogP contribution in [0.2, 0.25) is 0 Å². The average Bonchev–Trinajstić information content (AvgIpc) is 1.81. The Morgan fingerprint density at radius 3 is 2.20 bits per heavy atom. The molecule has 0 aromatic heterocycles. The largest absolute Gasteiger partial charge is 0.390 e. The summed E-state index contributed by atoms with van der Waals surface area (Å²) < 4.78 is -0.161. The van der Waals surface area contributed by atoms with E-state index < -0.39 is 0 Å². The van der Waals surface area contributed by atoms with Gasteiger partial charge in [-0.25, -0.2) is 0 Å². The maximum Gasteiger partial charge on any atom is 0.0813 e. The molecule has 10 heavy (non-hydrogen) atoms. The number of hydrogen-bond acceptors (Lipinski definition) is 4. The topological polar surface area (TPSA) is 20.2 Å². The van der Waals surface area contributed by atoms with E-state index in [0.717, 1.165) is 11.5 Å². The molecule has 1 saturated heterocycles. The number of aliphatic hydroxyl groups is 1. The van der Waals surface area contributed by atoms with Crippen LogP contribution in [-0.4, -0.2) is 32.7 Å². The van der Waals surface area contributed by atoms with Gasteiger partial charge in [0.1, 0.15) is 0 Å². The van der Waals surface area contributed by atoms with Crippen molar-refractivity contribution in [3.8, 4) is 0 Å². The van der Waals surface area contributed by atoms with Crippen LogP contribution in [0.3, 0.4) is 0 Å². The number of thioether (sulfide) groups is 1. The van der Waals surface area contributed by atoms with Crippen molar-refractivity contribution in [3.05, 3.63) is 0 Å². The summed E-state index contributed by atoms with van der Waals surface area (Å²) in [6, 6.07) is 0. The molecule has 1 N–H and O–H groups in total. The third-order valence-corrected chi connectivity index (χ3v) is 4.44. The van der Waals surface area contributed by atoms with Gasteiger partial charge in [-0.3, -0.25) is 0 Å². The summed E-state index contributed by atoms with van der Waals surface area (Å²) in [7, 11) is 0. The van der Waals surface area contributed by atoms with E-state index in [1.54, 1.807) is 0 Å². The summed E-state index contributed by atoms with van der Waals surface area (Å²) in [5.41, 5.74) is 0. The quantitative estimate of drug-likeness (QED) is 0.575. The average molecular weight is 196 g/mol. The molecule has 4 heteroatoms. The highest BCUT2D eigenvalue weighted by molar-refractivity contribution is 8.03. The zero-order valence-electron chi connectivity index (χ0n) is 5.82. The van der Waals surface area contributed by atoms with Crippen molar-refractivity contribution in [1.82, 2.24) is 0 Å². The maximum absolute atomic E-state index is 9.54. The summed E-state index contributed by atoms with van der Waals surface area (Å²) in [6.45, 7) is 1.90. The molecule has 0 amide bonds.